The van der Waals surface area contributed by atoms with Gasteiger partial charge < -0.3 is 10.2 Å². The quantitative estimate of drug-likeness (QED) is 0.628. The van der Waals surface area contributed by atoms with Crippen LogP contribution in [0.25, 0.3) is 0 Å². The van der Waals surface area contributed by atoms with Gasteiger partial charge in [-0.1, -0.05) is 22.4 Å². The predicted molar refractivity (Wildman–Crippen MR) is 87.4 cm³/mol. The molecule has 0 saturated carbocycles. The summed E-state index contributed by atoms with van der Waals surface area (Å²) in [6, 6.07) is 5.33. The van der Waals surface area contributed by atoms with E-state index in [0.717, 1.165) is 16.6 Å². The van der Waals surface area contributed by atoms with E-state index in [1.807, 2.05) is 6.07 Å². The Hall–Kier alpha value is -0.980. The maximum absolute atomic E-state index is 10.7. The second kappa shape index (κ2) is 7.87. The van der Waals surface area contributed by atoms with Crippen molar-refractivity contribution in [3.8, 4) is 0 Å². The molecule has 5 nitrogen and oxygen atoms in total. The van der Waals surface area contributed by atoms with E-state index < -0.39 is 0 Å². The molecule has 21 heavy (non-hydrogen) atoms. The van der Waals surface area contributed by atoms with Crippen molar-refractivity contribution in [2.24, 2.45) is 0 Å². The summed E-state index contributed by atoms with van der Waals surface area (Å²) in [4.78, 5) is 12.8. The number of nitrogens with one attached hydrogen (secondary N) is 1. The van der Waals surface area contributed by atoms with Gasteiger partial charge in [-0.05, 0) is 44.5 Å². The molecule has 1 aromatic rings. The molecule has 1 aromatic carbocycles. The number of benzene rings is 1. The summed E-state index contributed by atoms with van der Waals surface area (Å²) in [5.41, 5.74) is 1.16. The Kier molecular flexibility index (Phi) is 6.14. The number of piperidine rings is 1. The van der Waals surface area contributed by atoms with Crippen molar-refractivity contribution in [1.29, 1.82) is 0 Å². The Bertz CT molecular complexity index is 490. The van der Waals surface area contributed by atoms with Gasteiger partial charge in [0, 0.05) is 35.7 Å². The minimum absolute atomic E-state index is 0.118. The van der Waals surface area contributed by atoms with Gasteiger partial charge in [0.05, 0.1) is 4.92 Å². The zero-order chi connectivity index (χ0) is 15.2. The van der Waals surface area contributed by atoms with Gasteiger partial charge in [0.2, 0.25) is 0 Å². The van der Waals surface area contributed by atoms with Crippen LogP contribution in [0, 0.1) is 10.1 Å². The molecule has 0 radical (unpaired) electrons. The van der Waals surface area contributed by atoms with E-state index in [4.69, 9.17) is 0 Å². The monoisotopic (exact) mass is 355 g/mol. The lowest BCUT2D eigenvalue weighted by atomic mass is 10.1. The summed E-state index contributed by atoms with van der Waals surface area (Å²) in [6.07, 6.45) is 3.97. The topological polar surface area (TPSA) is 58.4 Å². The number of halogens is 1. The van der Waals surface area contributed by atoms with E-state index in [2.05, 4.69) is 33.1 Å². The van der Waals surface area contributed by atoms with Crippen molar-refractivity contribution in [1.82, 2.24) is 10.2 Å². The number of likely N-dealkylation sites (tertiary alicyclic amines) is 1. The van der Waals surface area contributed by atoms with Gasteiger partial charge in [0.1, 0.15) is 0 Å². The van der Waals surface area contributed by atoms with Crippen molar-refractivity contribution in [3.63, 3.8) is 0 Å². The standard InChI is InChI=1S/C15H22BrN3O2/c1-12(11-18-7-3-2-4-8-18)17-10-13-5-6-14(19(20)21)9-15(13)16/h5-6,9,12,17H,2-4,7-8,10-11H2,1H3. The molecule has 2 rings (SSSR count). The Labute approximate surface area is 134 Å². The summed E-state index contributed by atoms with van der Waals surface area (Å²) in [6.45, 7) is 6.37. The van der Waals surface area contributed by atoms with Crippen LogP contribution in [0.3, 0.4) is 0 Å². The Morgan fingerprint density at radius 1 is 1.38 bits per heavy atom. The van der Waals surface area contributed by atoms with E-state index >= 15 is 0 Å². The minimum Gasteiger partial charge on any atom is -0.309 e. The maximum Gasteiger partial charge on any atom is 0.270 e. The van der Waals surface area contributed by atoms with Gasteiger partial charge in [-0.15, -0.1) is 0 Å². The van der Waals surface area contributed by atoms with Crippen molar-refractivity contribution in [3.05, 3.63) is 38.3 Å². The molecular formula is C15H22BrN3O2. The lowest BCUT2D eigenvalue weighted by Crippen LogP contribution is -2.41. The molecule has 6 heteroatoms. The van der Waals surface area contributed by atoms with Crippen molar-refractivity contribution < 1.29 is 4.92 Å². The number of nitrogens with zero attached hydrogens (tertiary/aromatic N) is 2. The Balaban J connectivity index is 1.83. The normalized spacial score (nSPS) is 17.6. The Morgan fingerprint density at radius 3 is 2.71 bits per heavy atom. The van der Waals surface area contributed by atoms with Crippen LogP contribution in [0.1, 0.15) is 31.7 Å². The first-order valence-corrected chi connectivity index (χ1v) is 8.24. The van der Waals surface area contributed by atoms with Gasteiger partial charge >= 0.3 is 0 Å². The van der Waals surface area contributed by atoms with Crippen molar-refractivity contribution >= 4 is 21.6 Å². The van der Waals surface area contributed by atoms with Crippen LogP contribution in [0.4, 0.5) is 5.69 Å². The van der Waals surface area contributed by atoms with Crippen LogP contribution in [0.2, 0.25) is 0 Å². The lowest BCUT2D eigenvalue weighted by Gasteiger charge is -2.29. The van der Waals surface area contributed by atoms with Crippen LogP contribution in [-0.2, 0) is 6.54 Å². The average Bonchev–Trinajstić information content (AvgIpc) is 2.47. The fourth-order valence-corrected chi connectivity index (χ4v) is 3.18. The molecule has 1 unspecified atom stereocenters. The third kappa shape index (κ3) is 5.05. The fourth-order valence-electron chi connectivity index (χ4n) is 2.67. The van der Waals surface area contributed by atoms with Crippen molar-refractivity contribution in [2.45, 2.75) is 38.8 Å². The molecule has 1 aliphatic heterocycles. The van der Waals surface area contributed by atoms with Crippen LogP contribution in [0.5, 0.6) is 0 Å². The van der Waals surface area contributed by atoms with Crippen LogP contribution >= 0.6 is 15.9 Å². The summed E-state index contributed by atoms with van der Waals surface area (Å²) in [5, 5.41) is 14.2. The molecule has 0 spiro atoms. The van der Waals surface area contributed by atoms with Crippen LogP contribution < -0.4 is 5.32 Å². The second-order valence-electron chi connectivity index (χ2n) is 5.68. The average molecular weight is 356 g/mol. The molecule has 1 heterocycles. The summed E-state index contributed by atoms with van der Waals surface area (Å²) < 4.78 is 0.786. The number of nitro groups is 1. The number of non-ortho nitro benzene ring substituents is 1. The van der Waals surface area contributed by atoms with E-state index in [1.165, 1.54) is 32.4 Å². The summed E-state index contributed by atoms with van der Waals surface area (Å²) in [5.74, 6) is 0. The summed E-state index contributed by atoms with van der Waals surface area (Å²) >= 11 is 3.41. The Morgan fingerprint density at radius 2 is 2.10 bits per heavy atom. The van der Waals surface area contributed by atoms with E-state index in [9.17, 15) is 10.1 Å². The van der Waals surface area contributed by atoms with Gasteiger partial charge in [-0.25, -0.2) is 0 Å². The summed E-state index contributed by atoms with van der Waals surface area (Å²) in [7, 11) is 0. The number of hydrogen-bond donors (Lipinski definition) is 1. The van der Waals surface area contributed by atoms with Crippen LogP contribution in [0.15, 0.2) is 22.7 Å². The first-order valence-electron chi connectivity index (χ1n) is 7.45. The molecule has 1 aliphatic rings. The molecular weight excluding hydrogens is 334 g/mol. The largest absolute Gasteiger partial charge is 0.309 e. The van der Waals surface area contributed by atoms with E-state index in [1.54, 1.807) is 12.1 Å². The predicted octanol–water partition coefficient (Wildman–Crippen LogP) is 3.32. The number of nitro benzene ring substituents is 1. The van der Waals surface area contributed by atoms with Crippen molar-refractivity contribution in [2.75, 3.05) is 19.6 Å². The van der Waals surface area contributed by atoms with E-state index in [-0.39, 0.29) is 10.6 Å². The molecule has 1 atom stereocenters. The fraction of sp³-hybridized carbons (Fsp3) is 0.600. The SMILES string of the molecule is CC(CN1CCCCC1)NCc1ccc([N+](=O)[O-])cc1Br. The van der Waals surface area contributed by atoms with Gasteiger partial charge in [0.25, 0.3) is 5.69 Å². The number of rotatable bonds is 6. The molecule has 0 amide bonds. The first-order chi connectivity index (χ1) is 10.1. The smallest absolute Gasteiger partial charge is 0.270 e. The highest BCUT2D eigenvalue weighted by Crippen LogP contribution is 2.23. The third-order valence-electron chi connectivity index (χ3n) is 3.87. The first kappa shape index (κ1) is 16.4. The molecule has 0 bridgehead atoms. The van der Waals surface area contributed by atoms with Crippen LogP contribution in [-0.4, -0.2) is 35.5 Å². The van der Waals surface area contributed by atoms with Gasteiger partial charge in [0.15, 0.2) is 0 Å². The van der Waals surface area contributed by atoms with E-state index in [0.29, 0.717) is 12.6 Å². The lowest BCUT2D eigenvalue weighted by molar-refractivity contribution is -0.384. The molecule has 0 aromatic heterocycles. The van der Waals surface area contributed by atoms with Gasteiger partial charge in [-0.2, -0.15) is 0 Å². The molecule has 1 saturated heterocycles. The van der Waals surface area contributed by atoms with Gasteiger partial charge in [-0.3, -0.25) is 10.1 Å². The zero-order valence-corrected chi connectivity index (χ0v) is 13.9. The third-order valence-corrected chi connectivity index (χ3v) is 4.61. The highest BCUT2D eigenvalue weighted by atomic mass is 79.9. The highest BCUT2D eigenvalue weighted by molar-refractivity contribution is 9.10. The molecule has 1 N–H and O–H groups in total. The molecule has 1 fully saturated rings. The molecule has 116 valence electrons. The zero-order valence-electron chi connectivity index (χ0n) is 12.3. The maximum atomic E-state index is 10.7. The minimum atomic E-state index is -0.374. The highest BCUT2D eigenvalue weighted by Gasteiger charge is 2.14. The number of hydrogen-bond acceptors (Lipinski definition) is 4. The second-order valence-corrected chi connectivity index (χ2v) is 6.53. The molecule has 0 aliphatic carbocycles.